The smallest absolute Gasteiger partial charge is 0.250 e. The Morgan fingerprint density at radius 2 is 1.78 bits per heavy atom. The maximum absolute atomic E-state index is 12.8. The fourth-order valence-electron chi connectivity index (χ4n) is 4.44. The molecule has 0 saturated heterocycles. The monoisotopic (exact) mass is 503 g/mol. The van der Waals surface area contributed by atoms with Crippen molar-refractivity contribution in [2.24, 2.45) is 0 Å². The molecule has 4 aromatic rings. The number of anilines is 2. The molecule has 5 rings (SSSR count). The van der Waals surface area contributed by atoms with E-state index in [2.05, 4.69) is 32.8 Å². The number of carbonyl (C=O) groups excluding carboxylic acids is 1. The highest BCUT2D eigenvalue weighted by Crippen LogP contribution is 2.38. The van der Waals surface area contributed by atoms with Crippen LogP contribution in [0.4, 0.5) is 11.9 Å². The second-order valence-electron chi connectivity index (χ2n) is 8.53. The summed E-state index contributed by atoms with van der Waals surface area (Å²) in [6.07, 6.45) is 0.911. The van der Waals surface area contributed by atoms with Gasteiger partial charge in [-0.3, -0.25) is 10.1 Å². The van der Waals surface area contributed by atoms with Crippen LogP contribution in [-0.2, 0) is 11.2 Å². The third-order valence-corrected chi connectivity index (χ3v) is 6.46. The van der Waals surface area contributed by atoms with E-state index in [-0.39, 0.29) is 30.4 Å². The Kier molecular flexibility index (Phi) is 6.77. The van der Waals surface area contributed by atoms with Gasteiger partial charge in [-0.1, -0.05) is 60.1 Å². The van der Waals surface area contributed by atoms with Gasteiger partial charge in [0.15, 0.2) is 11.5 Å². The first-order valence-electron chi connectivity index (χ1n) is 11.6. The topological polar surface area (TPSA) is 90.3 Å². The van der Waals surface area contributed by atoms with Crippen LogP contribution in [0.25, 0.3) is 0 Å². The van der Waals surface area contributed by atoms with Crippen molar-refractivity contribution in [2.45, 2.75) is 24.9 Å². The van der Waals surface area contributed by atoms with Crippen LogP contribution >= 0.6 is 11.6 Å². The van der Waals surface area contributed by atoms with Gasteiger partial charge in [0.25, 0.3) is 5.95 Å². The molecular weight excluding hydrogens is 478 g/mol. The summed E-state index contributed by atoms with van der Waals surface area (Å²) in [4.78, 5) is 17.4. The van der Waals surface area contributed by atoms with E-state index in [1.165, 1.54) is 0 Å². The van der Waals surface area contributed by atoms with Crippen molar-refractivity contribution in [3.8, 4) is 11.5 Å². The maximum Gasteiger partial charge on any atom is 0.250 e. The first-order chi connectivity index (χ1) is 17.5. The largest absolute Gasteiger partial charge is 0.493 e. The number of nitrogens with one attached hydrogen (secondary N) is 2. The minimum Gasteiger partial charge on any atom is -0.493 e. The molecule has 0 saturated carbocycles. The van der Waals surface area contributed by atoms with Gasteiger partial charge in [0.05, 0.1) is 32.7 Å². The molecule has 0 fully saturated rings. The lowest BCUT2D eigenvalue weighted by atomic mass is 9.93. The van der Waals surface area contributed by atoms with Gasteiger partial charge in [0.2, 0.25) is 11.9 Å². The van der Waals surface area contributed by atoms with Crippen LogP contribution in [0.15, 0.2) is 72.8 Å². The lowest BCUT2D eigenvalue weighted by Gasteiger charge is -2.31. The van der Waals surface area contributed by atoms with Crippen LogP contribution in [0.5, 0.6) is 11.5 Å². The standard InChI is InChI=1S/C27H26ClN5O3/c1-35-23-13-8-17(14-24(23)36-2)15-25(34)30-26-31-27-29-21(18-9-11-20(28)12-10-18)16-22(33(27)32-26)19-6-4-3-5-7-19/h3-14,21-22H,15-16H2,1-2H3,(H2,29,30,31,32,34). The summed E-state index contributed by atoms with van der Waals surface area (Å²) in [5.74, 6) is 1.80. The van der Waals surface area contributed by atoms with Crippen LogP contribution in [0.1, 0.15) is 35.2 Å². The van der Waals surface area contributed by atoms with Crippen LogP contribution in [0, 0.1) is 0 Å². The number of ether oxygens (including phenoxy) is 2. The van der Waals surface area contributed by atoms with Gasteiger partial charge in [-0.15, -0.1) is 5.10 Å². The SMILES string of the molecule is COc1ccc(CC(=O)Nc2nc3n(n2)C(c2ccccc2)CC(c2ccc(Cl)cc2)N3)cc1OC. The third-order valence-electron chi connectivity index (χ3n) is 6.21. The summed E-state index contributed by atoms with van der Waals surface area (Å²) in [5, 5.41) is 11.6. The van der Waals surface area contributed by atoms with Gasteiger partial charge < -0.3 is 14.8 Å². The molecule has 2 unspecified atom stereocenters. The molecule has 1 aromatic heterocycles. The van der Waals surface area contributed by atoms with Crippen molar-refractivity contribution in [1.29, 1.82) is 0 Å². The lowest BCUT2D eigenvalue weighted by molar-refractivity contribution is -0.115. The number of benzene rings is 3. The molecule has 0 spiro atoms. The number of aromatic nitrogens is 3. The molecule has 3 aromatic carbocycles. The Bertz CT molecular complexity index is 1360. The van der Waals surface area contributed by atoms with Gasteiger partial charge in [0.1, 0.15) is 0 Å². The Hall–Kier alpha value is -4.04. The van der Waals surface area contributed by atoms with Crippen LogP contribution < -0.4 is 20.1 Å². The molecule has 36 heavy (non-hydrogen) atoms. The van der Waals surface area contributed by atoms with Crippen molar-refractivity contribution in [3.63, 3.8) is 0 Å². The highest BCUT2D eigenvalue weighted by molar-refractivity contribution is 6.30. The van der Waals surface area contributed by atoms with Gasteiger partial charge in [0, 0.05) is 5.02 Å². The quantitative estimate of drug-likeness (QED) is 0.357. The second kappa shape index (κ2) is 10.3. The molecule has 1 aliphatic rings. The van der Waals surface area contributed by atoms with Crippen molar-refractivity contribution < 1.29 is 14.3 Å². The van der Waals surface area contributed by atoms with Gasteiger partial charge in [-0.25, -0.2) is 4.68 Å². The van der Waals surface area contributed by atoms with Crippen molar-refractivity contribution in [1.82, 2.24) is 14.8 Å². The molecule has 184 valence electrons. The Labute approximate surface area is 214 Å². The highest BCUT2D eigenvalue weighted by atomic mass is 35.5. The molecule has 9 heteroatoms. The van der Waals surface area contributed by atoms with Crippen molar-refractivity contribution in [3.05, 3.63) is 94.5 Å². The maximum atomic E-state index is 12.8. The number of rotatable bonds is 7. The number of hydrogen-bond acceptors (Lipinski definition) is 6. The molecule has 2 heterocycles. The molecule has 0 bridgehead atoms. The molecule has 0 aliphatic carbocycles. The zero-order chi connectivity index (χ0) is 25.1. The Morgan fingerprint density at radius 3 is 2.50 bits per heavy atom. The summed E-state index contributed by atoms with van der Waals surface area (Å²) in [7, 11) is 3.14. The molecule has 2 atom stereocenters. The average Bonchev–Trinajstić information content (AvgIpc) is 3.31. The molecule has 1 aliphatic heterocycles. The van der Waals surface area contributed by atoms with E-state index in [4.69, 9.17) is 21.1 Å². The summed E-state index contributed by atoms with van der Waals surface area (Å²) in [6, 6.07) is 23.3. The summed E-state index contributed by atoms with van der Waals surface area (Å²) < 4.78 is 12.4. The lowest BCUT2D eigenvalue weighted by Crippen LogP contribution is -2.28. The zero-order valence-electron chi connectivity index (χ0n) is 19.9. The van der Waals surface area contributed by atoms with E-state index in [0.29, 0.717) is 22.5 Å². The van der Waals surface area contributed by atoms with E-state index in [1.807, 2.05) is 53.2 Å². The van der Waals surface area contributed by atoms with E-state index >= 15 is 0 Å². The minimum absolute atomic E-state index is 0.0134. The van der Waals surface area contributed by atoms with Crippen LogP contribution in [0.3, 0.4) is 0 Å². The summed E-state index contributed by atoms with van der Waals surface area (Å²) in [6.45, 7) is 0. The predicted octanol–water partition coefficient (Wildman–Crippen LogP) is 5.28. The number of nitrogens with zero attached hydrogens (tertiary/aromatic N) is 3. The normalized spacial score (nSPS) is 16.5. The van der Waals surface area contributed by atoms with Crippen LogP contribution in [0.2, 0.25) is 5.02 Å². The summed E-state index contributed by atoms with van der Waals surface area (Å²) in [5.41, 5.74) is 3.01. The average molecular weight is 504 g/mol. The van der Waals surface area contributed by atoms with Crippen LogP contribution in [-0.4, -0.2) is 34.9 Å². The molecular formula is C27H26ClN5O3. The van der Waals surface area contributed by atoms with E-state index in [1.54, 1.807) is 26.4 Å². The number of halogens is 1. The molecule has 0 radical (unpaired) electrons. The number of fused-ring (bicyclic) bond motifs is 1. The second-order valence-corrected chi connectivity index (χ2v) is 8.96. The molecule has 2 N–H and O–H groups in total. The van der Waals surface area contributed by atoms with E-state index in [9.17, 15) is 4.79 Å². The van der Waals surface area contributed by atoms with E-state index in [0.717, 1.165) is 23.1 Å². The fourth-order valence-corrected chi connectivity index (χ4v) is 4.57. The first kappa shape index (κ1) is 23.7. The zero-order valence-corrected chi connectivity index (χ0v) is 20.7. The van der Waals surface area contributed by atoms with Crippen molar-refractivity contribution >= 4 is 29.4 Å². The van der Waals surface area contributed by atoms with Crippen molar-refractivity contribution in [2.75, 3.05) is 24.9 Å². The number of methoxy groups -OCH3 is 2. The summed E-state index contributed by atoms with van der Waals surface area (Å²) >= 11 is 6.10. The van der Waals surface area contributed by atoms with E-state index < -0.39 is 0 Å². The van der Waals surface area contributed by atoms with Gasteiger partial charge >= 0.3 is 0 Å². The highest BCUT2D eigenvalue weighted by Gasteiger charge is 2.31. The Morgan fingerprint density at radius 1 is 1.03 bits per heavy atom. The first-order valence-corrected chi connectivity index (χ1v) is 12.0. The third kappa shape index (κ3) is 4.99. The predicted molar refractivity (Wildman–Crippen MR) is 139 cm³/mol. The minimum atomic E-state index is -0.226. The molecule has 1 amide bonds. The molecule has 8 nitrogen and oxygen atoms in total. The number of amides is 1. The Balaban J connectivity index is 1.38. The fraction of sp³-hybridized carbons (Fsp3) is 0.222. The number of carbonyl (C=O) groups is 1. The van der Waals surface area contributed by atoms with Gasteiger partial charge in [-0.2, -0.15) is 4.98 Å². The van der Waals surface area contributed by atoms with Gasteiger partial charge in [-0.05, 0) is 47.4 Å². The number of hydrogen-bond donors (Lipinski definition) is 2.